The Bertz CT molecular complexity index is 583. The number of halogens is 1. The molecule has 3 heterocycles. The highest BCUT2D eigenvalue weighted by molar-refractivity contribution is 6.52. The molecule has 124 valence electrons. The fourth-order valence-corrected chi connectivity index (χ4v) is 3.00. The number of amidine groups is 1. The number of nitrogens with zero attached hydrogens (tertiary/aromatic N) is 3. The molecule has 0 aromatic rings. The second-order valence-electron chi connectivity index (χ2n) is 7.58. The summed E-state index contributed by atoms with van der Waals surface area (Å²) < 4.78 is 25.4. The van der Waals surface area contributed by atoms with E-state index in [0.29, 0.717) is 19.5 Å². The smallest absolute Gasteiger partial charge is 0.402 e. The second kappa shape index (κ2) is 5.32. The molecule has 5 nitrogen and oxygen atoms in total. The minimum Gasteiger partial charge on any atom is -0.402 e. The molecule has 0 radical (unpaired) electrons. The van der Waals surface area contributed by atoms with Gasteiger partial charge in [-0.3, -0.25) is 4.99 Å². The van der Waals surface area contributed by atoms with Gasteiger partial charge < -0.3 is 14.2 Å². The van der Waals surface area contributed by atoms with Crippen LogP contribution in [0.25, 0.3) is 0 Å². The zero-order valence-electron chi connectivity index (χ0n) is 14.2. The maximum absolute atomic E-state index is 13.4. The molecule has 3 aliphatic heterocycles. The lowest BCUT2D eigenvalue weighted by molar-refractivity contribution is 0.00578. The highest BCUT2D eigenvalue weighted by Gasteiger charge is 2.59. The van der Waals surface area contributed by atoms with Crippen LogP contribution in [0, 0.1) is 11.3 Å². The number of rotatable bonds is 1. The predicted molar refractivity (Wildman–Crippen MR) is 86.9 cm³/mol. The fraction of sp³-hybridized carbons (Fsp3) is 0.750. The van der Waals surface area contributed by atoms with Gasteiger partial charge in [0.15, 0.2) is 0 Å². The van der Waals surface area contributed by atoms with E-state index in [1.807, 2.05) is 38.7 Å². The third-order valence-corrected chi connectivity index (χ3v) is 5.37. The largest absolute Gasteiger partial charge is 0.485 e. The summed E-state index contributed by atoms with van der Waals surface area (Å²) in [6.07, 6.45) is 3.35. The SMILES string of the molecule is CC1(C)OB(C2(C#N)C=CC(N3CCC(F)C3)=NC2)OC1(C)C. The minimum atomic E-state index is -0.941. The topological polar surface area (TPSA) is 57.8 Å². The first kappa shape index (κ1) is 16.5. The molecular formula is C16H23BFN3O2. The van der Waals surface area contributed by atoms with Crippen LogP contribution < -0.4 is 0 Å². The van der Waals surface area contributed by atoms with Crippen LogP contribution in [0.1, 0.15) is 34.1 Å². The van der Waals surface area contributed by atoms with E-state index in [1.165, 1.54) is 0 Å². The summed E-state index contributed by atoms with van der Waals surface area (Å²) in [5.74, 6) is 0.743. The molecule has 0 aromatic carbocycles. The van der Waals surface area contributed by atoms with E-state index in [4.69, 9.17) is 9.31 Å². The van der Waals surface area contributed by atoms with Crippen LogP contribution in [0.3, 0.4) is 0 Å². The molecule has 2 saturated heterocycles. The number of aliphatic imine (C=N–C) groups is 1. The highest BCUT2D eigenvalue weighted by atomic mass is 19.1. The van der Waals surface area contributed by atoms with Crippen LogP contribution in [0.4, 0.5) is 4.39 Å². The Kier molecular flexibility index (Phi) is 3.81. The molecule has 2 atom stereocenters. The monoisotopic (exact) mass is 319 g/mol. The maximum Gasteiger partial charge on any atom is 0.485 e. The highest BCUT2D eigenvalue weighted by Crippen LogP contribution is 2.46. The van der Waals surface area contributed by atoms with Crippen LogP contribution in [0.2, 0.25) is 5.31 Å². The zero-order valence-corrected chi connectivity index (χ0v) is 14.2. The predicted octanol–water partition coefficient (Wildman–Crippen LogP) is 2.35. The lowest BCUT2D eigenvalue weighted by Gasteiger charge is -2.32. The summed E-state index contributed by atoms with van der Waals surface area (Å²) in [6, 6.07) is 2.32. The maximum atomic E-state index is 13.4. The van der Waals surface area contributed by atoms with Crippen molar-refractivity contribution in [2.24, 2.45) is 4.99 Å². The minimum absolute atomic E-state index is 0.264. The van der Waals surface area contributed by atoms with E-state index in [9.17, 15) is 9.65 Å². The number of hydrogen-bond donors (Lipinski definition) is 0. The van der Waals surface area contributed by atoms with Gasteiger partial charge in [0.25, 0.3) is 0 Å². The van der Waals surface area contributed by atoms with E-state index in [0.717, 1.165) is 5.84 Å². The van der Waals surface area contributed by atoms with Crippen LogP contribution in [0.5, 0.6) is 0 Å². The first-order valence-corrected chi connectivity index (χ1v) is 8.09. The standard InChI is InChI=1S/C16H23BFN3O2/c1-14(2)15(3,4)23-17(22-14)16(10-19)7-5-13(20-11-16)21-8-6-12(18)9-21/h5,7,12H,6,8-9,11H2,1-4H3. The van der Waals surface area contributed by atoms with Gasteiger partial charge in [-0.2, -0.15) is 5.26 Å². The Morgan fingerprint density at radius 1 is 1.35 bits per heavy atom. The Morgan fingerprint density at radius 2 is 2.00 bits per heavy atom. The first-order chi connectivity index (χ1) is 10.7. The van der Waals surface area contributed by atoms with Gasteiger partial charge in [0.05, 0.1) is 30.4 Å². The van der Waals surface area contributed by atoms with E-state index < -0.39 is 29.8 Å². The third-order valence-electron chi connectivity index (χ3n) is 5.37. The molecule has 23 heavy (non-hydrogen) atoms. The van der Waals surface area contributed by atoms with Crippen molar-refractivity contribution in [2.45, 2.75) is 56.8 Å². The Morgan fingerprint density at radius 3 is 2.43 bits per heavy atom. The molecule has 2 unspecified atom stereocenters. The second-order valence-corrected chi connectivity index (χ2v) is 7.58. The van der Waals surface area contributed by atoms with Crippen LogP contribution in [0.15, 0.2) is 17.1 Å². The van der Waals surface area contributed by atoms with Crippen molar-refractivity contribution in [3.05, 3.63) is 12.2 Å². The van der Waals surface area contributed by atoms with Gasteiger partial charge in [0.1, 0.15) is 17.3 Å². The van der Waals surface area contributed by atoms with Gasteiger partial charge in [-0.05, 0) is 40.2 Å². The molecule has 0 bridgehead atoms. The van der Waals surface area contributed by atoms with Gasteiger partial charge in [0, 0.05) is 6.54 Å². The van der Waals surface area contributed by atoms with Crippen molar-refractivity contribution in [3.63, 3.8) is 0 Å². The van der Waals surface area contributed by atoms with Crippen molar-refractivity contribution >= 4 is 13.0 Å². The van der Waals surface area contributed by atoms with E-state index in [-0.39, 0.29) is 6.54 Å². The first-order valence-electron chi connectivity index (χ1n) is 8.09. The van der Waals surface area contributed by atoms with E-state index >= 15 is 0 Å². The molecule has 3 rings (SSSR count). The van der Waals surface area contributed by atoms with Crippen LogP contribution in [-0.4, -0.2) is 54.9 Å². The summed E-state index contributed by atoms with van der Waals surface area (Å²) in [6.45, 7) is 9.16. The van der Waals surface area contributed by atoms with Gasteiger partial charge in [-0.15, -0.1) is 0 Å². The number of nitriles is 1. The van der Waals surface area contributed by atoms with Crippen molar-refractivity contribution in [1.82, 2.24) is 4.90 Å². The molecule has 0 spiro atoms. The molecule has 3 aliphatic rings. The molecule has 7 heteroatoms. The molecular weight excluding hydrogens is 296 g/mol. The van der Waals surface area contributed by atoms with Gasteiger partial charge in [-0.1, -0.05) is 6.08 Å². The van der Waals surface area contributed by atoms with Gasteiger partial charge in [0.2, 0.25) is 0 Å². The van der Waals surface area contributed by atoms with Crippen molar-refractivity contribution in [2.75, 3.05) is 19.6 Å². The Balaban J connectivity index is 1.77. The summed E-state index contributed by atoms with van der Waals surface area (Å²) in [4.78, 5) is 6.44. The van der Waals surface area contributed by atoms with Crippen LogP contribution in [-0.2, 0) is 9.31 Å². The molecule has 0 saturated carbocycles. The molecule has 2 fully saturated rings. The average molecular weight is 319 g/mol. The average Bonchev–Trinajstić information content (AvgIpc) is 3.01. The normalized spacial score (nSPS) is 35.3. The quantitative estimate of drug-likeness (QED) is 0.696. The lowest BCUT2D eigenvalue weighted by Crippen LogP contribution is -2.41. The molecule has 0 amide bonds. The Labute approximate surface area is 137 Å². The summed E-state index contributed by atoms with van der Waals surface area (Å²) in [5.41, 5.74) is -0.981. The summed E-state index contributed by atoms with van der Waals surface area (Å²) in [5, 5.41) is 8.79. The lowest BCUT2D eigenvalue weighted by atomic mass is 9.57. The summed E-state index contributed by atoms with van der Waals surface area (Å²) >= 11 is 0. The van der Waals surface area contributed by atoms with Gasteiger partial charge >= 0.3 is 7.12 Å². The summed E-state index contributed by atoms with van der Waals surface area (Å²) in [7, 11) is -0.661. The van der Waals surface area contributed by atoms with Crippen molar-refractivity contribution < 1.29 is 13.7 Å². The molecule has 0 N–H and O–H groups in total. The fourth-order valence-electron chi connectivity index (χ4n) is 3.00. The zero-order chi connectivity index (χ0) is 16.9. The van der Waals surface area contributed by atoms with E-state index in [2.05, 4.69) is 11.1 Å². The number of dihydropyridines is 1. The molecule has 0 aliphatic carbocycles. The van der Waals surface area contributed by atoms with Crippen LogP contribution >= 0.6 is 0 Å². The number of alkyl halides is 1. The van der Waals surface area contributed by atoms with Gasteiger partial charge in [-0.25, -0.2) is 4.39 Å². The van der Waals surface area contributed by atoms with Crippen molar-refractivity contribution in [3.8, 4) is 6.07 Å². The number of likely N-dealkylation sites (tertiary alicyclic amines) is 1. The number of hydrogen-bond acceptors (Lipinski definition) is 5. The van der Waals surface area contributed by atoms with E-state index in [1.54, 1.807) is 6.08 Å². The van der Waals surface area contributed by atoms with Crippen molar-refractivity contribution in [1.29, 1.82) is 5.26 Å². The molecule has 0 aromatic heterocycles. The third kappa shape index (κ3) is 2.68. The Hall–Kier alpha value is -1.39.